The van der Waals surface area contributed by atoms with Crippen LogP contribution in [0.2, 0.25) is 0 Å². The highest BCUT2D eigenvalue weighted by Gasteiger charge is 2.47. The van der Waals surface area contributed by atoms with Crippen LogP contribution < -0.4 is 4.90 Å². The zero-order valence-electron chi connectivity index (χ0n) is 12.6. The summed E-state index contributed by atoms with van der Waals surface area (Å²) in [5.41, 5.74) is 1.07. The number of aryl methyl sites for hydroxylation is 1. The van der Waals surface area contributed by atoms with Crippen LogP contribution in [0.4, 0.5) is 5.13 Å². The van der Waals surface area contributed by atoms with E-state index >= 15 is 0 Å². The summed E-state index contributed by atoms with van der Waals surface area (Å²) in [6.45, 7) is 5.34. The Hall–Kier alpha value is -1.82. The first-order chi connectivity index (χ1) is 10.7. The third-order valence-electron chi connectivity index (χ3n) is 4.49. The molecule has 5 nitrogen and oxygen atoms in total. The van der Waals surface area contributed by atoms with Crippen LogP contribution in [0, 0.1) is 12.8 Å². The summed E-state index contributed by atoms with van der Waals surface area (Å²) in [6, 6.07) is 3.87. The lowest BCUT2D eigenvalue weighted by Gasteiger charge is -2.34. The molecule has 116 valence electrons. The van der Waals surface area contributed by atoms with Crippen molar-refractivity contribution in [2.24, 2.45) is 5.92 Å². The van der Waals surface area contributed by atoms with Crippen molar-refractivity contribution >= 4 is 22.4 Å². The average Bonchev–Trinajstić information content (AvgIpc) is 2.95. The summed E-state index contributed by atoms with van der Waals surface area (Å²) in [4.78, 5) is 21.4. The van der Waals surface area contributed by atoms with Crippen molar-refractivity contribution in [3.63, 3.8) is 0 Å². The molecule has 2 atom stereocenters. The molecule has 0 spiro atoms. The normalized spacial score (nSPS) is 24.6. The van der Waals surface area contributed by atoms with Crippen molar-refractivity contribution in [2.45, 2.75) is 19.3 Å². The quantitative estimate of drug-likeness (QED) is 0.873. The molecule has 6 heteroatoms. The number of hydrogen-bond donors (Lipinski definition) is 0. The van der Waals surface area contributed by atoms with Gasteiger partial charge in [0.2, 0.25) is 5.91 Å². The Bertz CT molecular complexity index is 659. The number of carbonyl (C=O) groups is 1. The molecule has 1 aliphatic carbocycles. The Labute approximate surface area is 133 Å². The number of nitrogens with zero attached hydrogens (tertiary/aromatic N) is 3. The van der Waals surface area contributed by atoms with E-state index in [2.05, 4.69) is 15.3 Å². The topological polar surface area (TPSA) is 49.6 Å². The monoisotopic (exact) mass is 317 g/mol. The van der Waals surface area contributed by atoms with Crippen molar-refractivity contribution in [1.29, 1.82) is 0 Å². The summed E-state index contributed by atoms with van der Waals surface area (Å²) in [5, 5.41) is 3.15. The van der Waals surface area contributed by atoms with Gasteiger partial charge in [0.05, 0.1) is 12.0 Å². The van der Waals surface area contributed by atoms with Gasteiger partial charge in [0.1, 0.15) is 5.76 Å². The number of anilines is 1. The van der Waals surface area contributed by atoms with E-state index in [0.717, 1.165) is 49.2 Å². The predicted molar refractivity (Wildman–Crippen MR) is 85.2 cm³/mol. The number of piperazine rings is 1. The molecule has 0 bridgehead atoms. The highest BCUT2D eigenvalue weighted by molar-refractivity contribution is 7.13. The Morgan fingerprint density at radius 3 is 2.82 bits per heavy atom. The van der Waals surface area contributed by atoms with E-state index in [0.29, 0.717) is 5.92 Å². The van der Waals surface area contributed by atoms with Crippen LogP contribution in [0.25, 0.3) is 0 Å². The second-order valence-electron chi connectivity index (χ2n) is 6.05. The number of aromatic nitrogens is 1. The molecule has 0 N–H and O–H groups in total. The van der Waals surface area contributed by atoms with Crippen LogP contribution in [0.3, 0.4) is 0 Å². The summed E-state index contributed by atoms with van der Waals surface area (Å²) < 4.78 is 5.42. The lowest BCUT2D eigenvalue weighted by molar-refractivity contribution is -0.133. The van der Waals surface area contributed by atoms with Crippen LogP contribution in [0.5, 0.6) is 0 Å². The van der Waals surface area contributed by atoms with Crippen molar-refractivity contribution in [3.05, 3.63) is 35.2 Å². The molecule has 1 aliphatic heterocycles. The van der Waals surface area contributed by atoms with Gasteiger partial charge in [-0.05, 0) is 25.5 Å². The van der Waals surface area contributed by atoms with Crippen LogP contribution in [0.15, 0.2) is 28.2 Å². The predicted octanol–water partition coefficient (Wildman–Crippen LogP) is 2.50. The van der Waals surface area contributed by atoms with Gasteiger partial charge in [0.25, 0.3) is 0 Å². The minimum absolute atomic E-state index is 0.125. The Balaban J connectivity index is 1.33. The van der Waals surface area contributed by atoms with Crippen LogP contribution in [-0.4, -0.2) is 42.0 Å². The van der Waals surface area contributed by atoms with Gasteiger partial charge in [0.15, 0.2) is 5.13 Å². The first-order valence-corrected chi connectivity index (χ1v) is 8.59. The second-order valence-corrected chi connectivity index (χ2v) is 6.88. The summed E-state index contributed by atoms with van der Waals surface area (Å²) in [6.07, 6.45) is 2.61. The molecule has 2 fully saturated rings. The summed E-state index contributed by atoms with van der Waals surface area (Å²) in [7, 11) is 0. The molecule has 2 aliphatic rings. The van der Waals surface area contributed by atoms with Crippen LogP contribution in [-0.2, 0) is 4.79 Å². The fourth-order valence-corrected chi connectivity index (χ4v) is 3.98. The number of thiazole rings is 1. The maximum Gasteiger partial charge on any atom is 0.226 e. The minimum Gasteiger partial charge on any atom is -0.469 e. The molecule has 2 aromatic heterocycles. The highest BCUT2D eigenvalue weighted by atomic mass is 32.1. The van der Waals surface area contributed by atoms with Crippen molar-refractivity contribution in [2.75, 3.05) is 31.1 Å². The van der Waals surface area contributed by atoms with Gasteiger partial charge in [-0.2, -0.15) is 0 Å². The number of amides is 1. The van der Waals surface area contributed by atoms with E-state index in [1.807, 2.05) is 24.0 Å². The molecular formula is C16H19N3O2S. The fourth-order valence-electron chi connectivity index (χ4n) is 3.12. The van der Waals surface area contributed by atoms with Crippen molar-refractivity contribution < 1.29 is 9.21 Å². The highest BCUT2D eigenvalue weighted by Crippen LogP contribution is 2.48. The number of hydrogen-bond acceptors (Lipinski definition) is 5. The van der Waals surface area contributed by atoms with E-state index in [4.69, 9.17) is 4.42 Å². The third-order valence-corrected chi connectivity index (χ3v) is 5.50. The lowest BCUT2D eigenvalue weighted by Crippen LogP contribution is -2.49. The van der Waals surface area contributed by atoms with Crippen LogP contribution >= 0.6 is 11.3 Å². The summed E-state index contributed by atoms with van der Waals surface area (Å²) in [5.74, 6) is 1.66. The fraction of sp³-hybridized carbons (Fsp3) is 0.500. The molecule has 2 unspecified atom stereocenters. The smallest absolute Gasteiger partial charge is 0.226 e. The van der Waals surface area contributed by atoms with E-state index in [1.165, 1.54) is 0 Å². The molecule has 0 aromatic carbocycles. The first kappa shape index (κ1) is 13.8. The molecule has 3 heterocycles. The summed E-state index contributed by atoms with van der Waals surface area (Å²) >= 11 is 1.68. The van der Waals surface area contributed by atoms with Gasteiger partial charge in [-0.15, -0.1) is 11.3 Å². The Morgan fingerprint density at radius 1 is 1.36 bits per heavy atom. The van der Waals surface area contributed by atoms with E-state index in [-0.39, 0.29) is 11.8 Å². The largest absolute Gasteiger partial charge is 0.469 e. The van der Waals surface area contributed by atoms with Gasteiger partial charge >= 0.3 is 0 Å². The van der Waals surface area contributed by atoms with E-state index in [9.17, 15) is 4.79 Å². The van der Waals surface area contributed by atoms with Gasteiger partial charge in [-0.3, -0.25) is 4.79 Å². The van der Waals surface area contributed by atoms with Crippen molar-refractivity contribution in [1.82, 2.24) is 9.88 Å². The number of furan rings is 1. The maximum atomic E-state index is 12.6. The Morgan fingerprint density at radius 2 is 2.18 bits per heavy atom. The van der Waals surface area contributed by atoms with Crippen LogP contribution in [0.1, 0.15) is 23.8 Å². The molecule has 1 amide bonds. The van der Waals surface area contributed by atoms with E-state index in [1.54, 1.807) is 17.6 Å². The van der Waals surface area contributed by atoms with Gasteiger partial charge in [0, 0.05) is 43.4 Å². The standard InChI is InChI=1S/C16H19N3O2S/c1-11-10-22-16(17-11)19-6-4-18(5-7-19)15(20)13-9-12(13)14-3-2-8-21-14/h2-3,8,10,12-13H,4-7,9H2,1H3. The zero-order chi connectivity index (χ0) is 15.1. The molecule has 4 rings (SSSR count). The average molecular weight is 317 g/mol. The van der Waals surface area contributed by atoms with Crippen molar-refractivity contribution in [3.8, 4) is 0 Å². The SMILES string of the molecule is Cc1csc(N2CCN(C(=O)C3CC3c3ccco3)CC2)n1. The molecule has 0 radical (unpaired) electrons. The number of carbonyl (C=O) groups excluding carboxylic acids is 1. The van der Waals surface area contributed by atoms with Gasteiger partial charge < -0.3 is 14.2 Å². The molecule has 22 heavy (non-hydrogen) atoms. The van der Waals surface area contributed by atoms with E-state index < -0.39 is 0 Å². The molecule has 1 saturated carbocycles. The molecule has 2 aromatic rings. The van der Waals surface area contributed by atoms with Gasteiger partial charge in [-0.1, -0.05) is 0 Å². The second kappa shape index (κ2) is 5.43. The number of rotatable bonds is 3. The maximum absolute atomic E-state index is 12.6. The molecular weight excluding hydrogens is 298 g/mol. The van der Waals surface area contributed by atoms with Gasteiger partial charge in [-0.25, -0.2) is 4.98 Å². The lowest BCUT2D eigenvalue weighted by atomic mass is 10.2. The zero-order valence-corrected chi connectivity index (χ0v) is 13.4. The molecule has 1 saturated heterocycles. The minimum atomic E-state index is 0.125. The third kappa shape index (κ3) is 2.52. The first-order valence-electron chi connectivity index (χ1n) is 7.71. The Kier molecular flexibility index (Phi) is 3.41.